The number of benzene rings is 2. The first-order chi connectivity index (χ1) is 9.21. The zero-order valence-corrected chi connectivity index (χ0v) is 14.1. The van der Waals surface area contributed by atoms with Crippen molar-refractivity contribution in [3.63, 3.8) is 0 Å². The van der Waals surface area contributed by atoms with E-state index in [9.17, 15) is 18.0 Å². The van der Waals surface area contributed by atoms with Gasteiger partial charge in [-0.25, -0.2) is 0 Å². The number of rotatable bonds is 1. The molecule has 1 nitrogen and oxygen atoms in total. The Balaban J connectivity index is 0.000000480. The Hall–Kier alpha value is -0.931. The molecule has 2 aromatic carbocycles. The van der Waals surface area contributed by atoms with Gasteiger partial charge in [0, 0.05) is 20.4 Å². The summed E-state index contributed by atoms with van der Waals surface area (Å²) in [5.74, 6) is 0. The van der Waals surface area contributed by atoms with Crippen LogP contribution in [0.5, 0.6) is 0 Å². The number of halogens is 3. The Bertz CT molecular complexity index is 447. The molecule has 0 unspecified atom stereocenters. The minimum atomic E-state index is -4.31. The van der Waals surface area contributed by atoms with Crippen LogP contribution in [0.2, 0.25) is 13.1 Å². The third-order valence-corrected chi connectivity index (χ3v) is 4.27. The topological polar surface area (TPSA) is 20.2 Å². The third kappa shape index (κ3) is 7.58. The van der Waals surface area contributed by atoms with E-state index in [1.54, 1.807) is 13.1 Å². The van der Waals surface area contributed by atoms with Gasteiger partial charge in [-0.3, -0.25) is 0 Å². The maximum atomic E-state index is 12.2. The van der Waals surface area contributed by atoms with E-state index in [-0.39, 0.29) is 20.4 Å². The second kappa shape index (κ2) is 8.50. The molecule has 2 aromatic rings. The number of alkyl halides is 3. The zero-order valence-electron chi connectivity index (χ0n) is 11.6. The molecule has 0 bridgehead atoms. The van der Waals surface area contributed by atoms with Crippen LogP contribution in [0.25, 0.3) is 0 Å². The van der Waals surface area contributed by atoms with Gasteiger partial charge in [0.2, 0.25) is 8.32 Å². The molecule has 0 heterocycles. The fourth-order valence-corrected chi connectivity index (χ4v) is 2.39. The van der Waals surface area contributed by atoms with E-state index in [1.165, 1.54) is 12.1 Å². The van der Waals surface area contributed by atoms with Gasteiger partial charge < -0.3 is 4.80 Å². The van der Waals surface area contributed by atoms with Crippen LogP contribution in [0.1, 0.15) is 5.56 Å². The van der Waals surface area contributed by atoms with Crippen LogP contribution in [0.15, 0.2) is 54.6 Å². The van der Waals surface area contributed by atoms with E-state index in [2.05, 4.69) is 6.07 Å². The molecular weight excluding hydrogens is 388 g/mol. The van der Waals surface area contributed by atoms with Crippen molar-refractivity contribution in [2.45, 2.75) is 19.3 Å². The van der Waals surface area contributed by atoms with Crippen molar-refractivity contribution in [3.8, 4) is 0 Å². The third-order valence-electron chi connectivity index (χ3n) is 2.53. The summed E-state index contributed by atoms with van der Waals surface area (Å²) in [4.78, 5) is 9.64. The van der Waals surface area contributed by atoms with Crippen molar-refractivity contribution in [1.82, 2.24) is 0 Å². The Morgan fingerprint density at radius 2 is 1.43 bits per heavy atom. The summed E-state index contributed by atoms with van der Waals surface area (Å²) in [6.07, 6.45) is -4.31. The van der Waals surface area contributed by atoms with Gasteiger partial charge in [-0.15, -0.1) is 0 Å². The fourth-order valence-electron chi connectivity index (χ4n) is 1.41. The Labute approximate surface area is 137 Å². The van der Waals surface area contributed by atoms with Gasteiger partial charge in [-0.2, -0.15) is 49.6 Å². The number of hydrogen-bond donors (Lipinski definition) is 1. The van der Waals surface area contributed by atoms with Crippen molar-refractivity contribution < 1.29 is 38.4 Å². The summed E-state index contributed by atoms with van der Waals surface area (Å²) in [6, 6.07) is 17.2. The predicted molar refractivity (Wildman–Crippen MR) is 76.1 cm³/mol. The van der Waals surface area contributed by atoms with Gasteiger partial charge in [-0.1, -0.05) is 24.3 Å². The minimum Gasteiger partial charge on any atom is -0.428 e. The van der Waals surface area contributed by atoms with Crippen molar-refractivity contribution in [1.29, 1.82) is 0 Å². The summed E-state index contributed by atoms with van der Waals surface area (Å²) in [6.45, 7) is 3.32. The van der Waals surface area contributed by atoms with Crippen molar-refractivity contribution >= 4 is 13.5 Å². The molecule has 0 saturated carbocycles. The molecule has 0 aliphatic rings. The molecular formula is C15H16F3OPdSi-. The van der Waals surface area contributed by atoms with Crippen LogP contribution in [0, 0.1) is 6.07 Å². The summed E-state index contributed by atoms with van der Waals surface area (Å²) >= 11 is 0. The molecule has 0 fully saturated rings. The van der Waals surface area contributed by atoms with E-state index in [0.717, 1.165) is 12.1 Å². The molecule has 0 spiro atoms. The molecule has 0 radical (unpaired) electrons. The predicted octanol–water partition coefficient (Wildman–Crippen LogP) is 3.59. The maximum Gasteiger partial charge on any atom is 0.416 e. The van der Waals surface area contributed by atoms with E-state index in [1.807, 2.05) is 30.3 Å². The zero-order chi connectivity index (χ0) is 15.2. The van der Waals surface area contributed by atoms with E-state index in [0.29, 0.717) is 5.19 Å². The van der Waals surface area contributed by atoms with Crippen molar-refractivity contribution in [3.05, 3.63) is 66.2 Å². The smallest absolute Gasteiger partial charge is 0.416 e. The largest absolute Gasteiger partial charge is 0.428 e. The second-order valence-corrected chi connectivity index (χ2v) is 8.41. The van der Waals surface area contributed by atoms with Crippen LogP contribution in [-0.2, 0) is 26.6 Å². The SMILES string of the molecule is C[Si](C)(O)c1ccc(C(F)(F)F)cc1.[Pd].[c-]1ccccc1. The minimum absolute atomic E-state index is 0. The normalized spacial score (nSPS) is 11.0. The fraction of sp³-hybridized carbons (Fsp3) is 0.200. The van der Waals surface area contributed by atoms with Gasteiger partial charge in [-0.05, 0) is 18.3 Å². The van der Waals surface area contributed by atoms with E-state index >= 15 is 0 Å². The summed E-state index contributed by atoms with van der Waals surface area (Å²) in [7, 11) is -2.48. The van der Waals surface area contributed by atoms with Gasteiger partial charge in [0.25, 0.3) is 0 Å². The molecule has 21 heavy (non-hydrogen) atoms. The molecule has 2 rings (SSSR count). The molecule has 6 heteroatoms. The molecule has 1 N–H and O–H groups in total. The second-order valence-electron chi connectivity index (χ2n) is 4.71. The first-order valence-electron chi connectivity index (χ1n) is 6.02. The first-order valence-corrected chi connectivity index (χ1v) is 8.97. The van der Waals surface area contributed by atoms with Crippen LogP contribution in [0.3, 0.4) is 0 Å². The molecule has 0 saturated heterocycles. The van der Waals surface area contributed by atoms with Crippen molar-refractivity contribution in [2.75, 3.05) is 0 Å². The maximum absolute atomic E-state index is 12.2. The van der Waals surface area contributed by atoms with Crippen LogP contribution in [-0.4, -0.2) is 13.1 Å². The van der Waals surface area contributed by atoms with E-state index in [4.69, 9.17) is 0 Å². The average Bonchev–Trinajstić information content (AvgIpc) is 2.40. The Morgan fingerprint density at radius 1 is 0.952 bits per heavy atom. The van der Waals surface area contributed by atoms with E-state index < -0.39 is 20.1 Å². The number of hydrogen-bond acceptors (Lipinski definition) is 1. The van der Waals surface area contributed by atoms with Gasteiger partial charge in [0.15, 0.2) is 0 Å². The van der Waals surface area contributed by atoms with Crippen molar-refractivity contribution in [2.24, 2.45) is 0 Å². The van der Waals surface area contributed by atoms with Gasteiger partial charge in [0.1, 0.15) is 0 Å². The molecule has 0 amide bonds. The van der Waals surface area contributed by atoms with Crippen LogP contribution < -0.4 is 5.19 Å². The molecule has 0 atom stereocenters. The standard InChI is InChI=1S/C9H11F3OSi.C6H5.Pd/c1-14(2,13)8-5-3-7(4-6-8)9(10,11)12;1-2-4-6-5-3-1;/h3-6,13H,1-2H3;1-5H;/q;-1;. The van der Waals surface area contributed by atoms with Gasteiger partial charge >= 0.3 is 6.18 Å². The average molecular weight is 404 g/mol. The summed E-state index contributed by atoms with van der Waals surface area (Å²) in [5.41, 5.74) is -0.681. The Morgan fingerprint density at radius 3 is 1.67 bits per heavy atom. The molecule has 0 aliphatic heterocycles. The Kier molecular flexibility index (Phi) is 8.12. The summed E-state index contributed by atoms with van der Waals surface area (Å²) < 4.78 is 36.5. The quantitative estimate of drug-likeness (QED) is 0.570. The van der Waals surface area contributed by atoms with Crippen LogP contribution in [0.4, 0.5) is 13.2 Å². The van der Waals surface area contributed by atoms with Gasteiger partial charge in [0.05, 0.1) is 5.56 Å². The molecule has 0 aliphatic carbocycles. The summed E-state index contributed by atoms with van der Waals surface area (Å²) in [5, 5.41) is 0.602. The molecule has 0 aromatic heterocycles. The monoisotopic (exact) mass is 403 g/mol. The molecule has 118 valence electrons. The first kappa shape index (κ1) is 20.1. The van der Waals surface area contributed by atoms with Crippen LogP contribution >= 0.6 is 0 Å².